The zero-order valence-corrected chi connectivity index (χ0v) is 17.3. The summed E-state index contributed by atoms with van der Waals surface area (Å²) in [4.78, 5) is 17.4. The van der Waals surface area contributed by atoms with Crippen molar-refractivity contribution in [1.29, 1.82) is 0 Å². The molecule has 1 fully saturated rings. The SMILES string of the molecule is Cc1cccc(NC(=O)c2cc3cn(CC4CCOC4)nc3nc2OC(C)C)c1F. The molecule has 158 valence electrons. The van der Waals surface area contributed by atoms with Crippen LogP contribution in [0.5, 0.6) is 5.88 Å². The third-order valence-corrected chi connectivity index (χ3v) is 5.01. The van der Waals surface area contributed by atoms with Crippen LogP contribution in [0.2, 0.25) is 0 Å². The fourth-order valence-corrected chi connectivity index (χ4v) is 3.48. The number of nitrogens with zero attached hydrogens (tertiary/aromatic N) is 3. The molecule has 3 aromatic rings. The summed E-state index contributed by atoms with van der Waals surface area (Å²) >= 11 is 0. The molecule has 1 atom stereocenters. The van der Waals surface area contributed by atoms with E-state index in [4.69, 9.17) is 9.47 Å². The summed E-state index contributed by atoms with van der Waals surface area (Å²) in [6.45, 7) is 7.58. The van der Waals surface area contributed by atoms with Crippen molar-refractivity contribution in [1.82, 2.24) is 14.8 Å². The predicted octanol–water partition coefficient (Wildman–Crippen LogP) is 3.95. The fourth-order valence-electron chi connectivity index (χ4n) is 3.48. The van der Waals surface area contributed by atoms with Gasteiger partial charge in [-0.2, -0.15) is 10.1 Å². The Labute approximate surface area is 174 Å². The summed E-state index contributed by atoms with van der Waals surface area (Å²) in [6.07, 6.45) is 2.68. The summed E-state index contributed by atoms with van der Waals surface area (Å²) < 4.78 is 27.4. The fraction of sp³-hybridized carbons (Fsp3) is 0.409. The number of carbonyl (C=O) groups is 1. The van der Waals surface area contributed by atoms with Gasteiger partial charge in [0.25, 0.3) is 5.91 Å². The number of fused-ring (bicyclic) bond motifs is 1. The average molecular weight is 412 g/mol. The van der Waals surface area contributed by atoms with Crippen molar-refractivity contribution in [2.45, 2.75) is 39.8 Å². The van der Waals surface area contributed by atoms with Crippen molar-refractivity contribution in [3.63, 3.8) is 0 Å². The summed E-state index contributed by atoms with van der Waals surface area (Å²) in [5.74, 6) is -0.352. The molecule has 4 rings (SSSR count). The zero-order valence-electron chi connectivity index (χ0n) is 17.3. The number of carbonyl (C=O) groups excluding carboxylic acids is 1. The molecule has 0 radical (unpaired) electrons. The number of hydrogen-bond acceptors (Lipinski definition) is 5. The molecule has 8 heteroatoms. The van der Waals surface area contributed by atoms with Crippen LogP contribution in [0.25, 0.3) is 11.0 Å². The maximum Gasteiger partial charge on any atom is 0.261 e. The number of nitrogens with one attached hydrogen (secondary N) is 1. The predicted molar refractivity (Wildman–Crippen MR) is 111 cm³/mol. The molecule has 1 N–H and O–H groups in total. The first-order valence-electron chi connectivity index (χ1n) is 10.1. The highest BCUT2D eigenvalue weighted by atomic mass is 19.1. The highest BCUT2D eigenvalue weighted by molar-refractivity contribution is 6.07. The van der Waals surface area contributed by atoms with Gasteiger partial charge in [-0.25, -0.2) is 4.39 Å². The average Bonchev–Trinajstić information content (AvgIpc) is 3.33. The molecule has 0 saturated carbocycles. The van der Waals surface area contributed by atoms with Crippen LogP contribution in [0, 0.1) is 18.7 Å². The molecule has 0 aliphatic carbocycles. The Kier molecular flexibility index (Phi) is 5.67. The monoisotopic (exact) mass is 412 g/mol. The summed E-state index contributed by atoms with van der Waals surface area (Å²) in [5, 5.41) is 7.89. The van der Waals surface area contributed by atoms with E-state index < -0.39 is 11.7 Å². The first-order chi connectivity index (χ1) is 14.4. The van der Waals surface area contributed by atoms with Gasteiger partial charge in [-0.15, -0.1) is 0 Å². The molecule has 1 aromatic carbocycles. The van der Waals surface area contributed by atoms with Crippen molar-refractivity contribution >= 4 is 22.6 Å². The van der Waals surface area contributed by atoms with Crippen LogP contribution in [0.4, 0.5) is 10.1 Å². The van der Waals surface area contributed by atoms with Crippen LogP contribution in [0.15, 0.2) is 30.5 Å². The van der Waals surface area contributed by atoms with E-state index in [1.54, 1.807) is 25.1 Å². The Morgan fingerprint density at radius 1 is 1.43 bits per heavy atom. The minimum Gasteiger partial charge on any atom is -0.474 e. The van der Waals surface area contributed by atoms with E-state index >= 15 is 0 Å². The molecule has 7 nitrogen and oxygen atoms in total. The van der Waals surface area contributed by atoms with Crippen LogP contribution in [-0.2, 0) is 11.3 Å². The lowest BCUT2D eigenvalue weighted by molar-refractivity contribution is 0.101. The number of aromatic nitrogens is 3. The molecule has 2 aromatic heterocycles. The van der Waals surface area contributed by atoms with Crippen LogP contribution >= 0.6 is 0 Å². The Morgan fingerprint density at radius 3 is 3.00 bits per heavy atom. The van der Waals surface area contributed by atoms with Crippen LogP contribution in [0.1, 0.15) is 36.2 Å². The number of aryl methyl sites for hydroxylation is 1. The molecule has 0 bridgehead atoms. The van der Waals surface area contributed by atoms with Crippen molar-refractivity contribution in [2.24, 2.45) is 5.92 Å². The van der Waals surface area contributed by atoms with E-state index in [0.717, 1.165) is 31.6 Å². The van der Waals surface area contributed by atoms with E-state index in [1.165, 1.54) is 6.07 Å². The van der Waals surface area contributed by atoms with E-state index in [2.05, 4.69) is 15.4 Å². The highest BCUT2D eigenvalue weighted by Crippen LogP contribution is 2.26. The van der Waals surface area contributed by atoms with E-state index in [0.29, 0.717) is 17.1 Å². The highest BCUT2D eigenvalue weighted by Gasteiger charge is 2.21. The number of rotatable bonds is 6. The minimum absolute atomic E-state index is 0.118. The van der Waals surface area contributed by atoms with Gasteiger partial charge >= 0.3 is 0 Å². The van der Waals surface area contributed by atoms with Crippen LogP contribution in [-0.4, -0.2) is 40.0 Å². The van der Waals surface area contributed by atoms with Gasteiger partial charge in [0, 0.05) is 30.7 Å². The van der Waals surface area contributed by atoms with E-state index in [9.17, 15) is 9.18 Å². The topological polar surface area (TPSA) is 78.3 Å². The largest absolute Gasteiger partial charge is 0.474 e. The molecular formula is C22H25FN4O3. The Hall–Kier alpha value is -3.00. The van der Waals surface area contributed by atoms with Gasteiger partial charge < -0.3 is 14.8 Å². The van der Waals surface area contributed by atoms with Gasteiger partial charge in [0.1, 0.15) is 11.4 Å². The molecular weight excluding hydrogens is 387 g/mol. The number of ether oxygens (including phenoxy) is 2. The van der Waals surface area contributed by atoms with Crippen molar-refractivity contribution < 1.29 is 18.7 Å². The second-order valence-electron chi connectivity index (χ2n) is 7.89. The lowest BCUT2D eigenvalue weighted by atomic mass is 10.1. The van der Waals surface area contributed by atoms with Crippen LogP contribution < -0.4 is 10.1 Å². The zero-order chi connectivity index (χ0) is 21.3. The molecule has 0 spiro atoms. The van der Waals surface area contributed by atoms with Gasteiger partial charge in [0.05, 0.1) is 18.4 Å². The number of halogens is 1. The number of anilines is 1. The molecule has 1 saturated heterocycles. The normalized spacial score (nSPS) is 16.4. The van der Waals surface area contributed by atoms with Crippen molar-refractivity contribution in [3.05, 3.63) is 47.4 Å². The van der Waals surface area contributed by atoms with E-state index in [-0.39, 0.29) is 23.2 Å². The van der Waals surface area contributed by atoms with Gasteiger partial charge in [-0.1, -0.05) is 12.1 Å². The third kappa shape index (κ3) is 4.28. The maximum atomic E-state index is 14.4. The smallest absolute Gasteiger partial charge is 0.261 e. The molecule has 1 amide bonds. The Morgan fingerprint density at radius 2 is 2.27 bits per heavy atom. The maximum absolute atomic E-state index is 14.4. The van der Waals surface area contributed by atoms with Crippen molar-refractivity contribution in [2.75, 3.05) is 18.5 Å². The molecule has 30 heavy (non-hydrogen) atoms. The van der Waals surface area contributed by atoms with Crippen molar-refractivity contribution in [3.8, 4) is 5.88 Å². The number of benzene rings is 1. The molecule has 1 aliphatic heterocycles. The minimum atomic E-state index is -0.485. The quantitative estimate of drug-likeness (QED) is 0.663. The number of hydrogen-bond donors (Lipinski definition) is 1. The standard InChI is InChI=1S/C22H25FN4O3/c1-13(2)30-22-17(21(28)24-18-6-4-5-14(3)19(18)23)9-16-11-27(26-20(16)25-22)10-15-7-8-29-12-15/h4-6,9,11,13,15H,7-8,10,12H2,1-3H3,(H,24,28). The first-order valence-corrected chi connectivity index (χ1v) is 10.1. The summed E-state index contributed by atoms with van der Waals surface area (Å²) in [7, 11) is 0. The molecule has 1 unspecified atom stereocenters. The van der Waals surface area contributed by atoms with Gasteiger partial charge in [0.15, 0.2) is 5.65 Å². The lowest BCUT2D eigenvalue weighted by Gasteiger charge is -2.13. The van der Waals surface area contributed by atoms with Gasteiger partial charge in [-0.3, -0.25) is 9.48 Å². The number of amides is 1. The Bertz CT molecular complexity index is 1070. The summed E-state index contributed by atoms with van der Waals surface area (Å²) in [5.41, 5.74) is 1.31. The first kappa shape index (κ1) is 20.3. The van der Waals surface area contributed by atoms with E-state index in [1.807, 2.05) is 24.7 Å². The third-order valence-electron chi connectivity index (χ3n) is 5.01. The molecule has 3 heterocycles. The second-order valence-corrected chi connectivity index (χ2v) is 7.89. The molecule has 1 aliphatic rings. The second kappa shape index (κ2) is 8.39. The lowest BCUT2D eigenvalue weighted by Crippen LogP contribution is -2.17. The van der Waals surface area contributed by atoms with Gasteiger partial charge in [0.2, 0.25) is 5.88 Å². The Balaban J connectivity index is 1.67. The van der Waals surface area contributed by atoms with Gasteiger partial charge in [-0.05, 0) is 44.9 Å². The summed E-state index contributed by atoms with van der Waals surface area (Å²) in [6, 6.07) is 6.56. The van der Waals surface area contributed by atoms with Crippen LogP contribution in [0.3, 0.4) is 0 Å². The number of pyridine rings is 1.